The number of hydrogen-bond acceptors (Lipinski definition) is 5. The number of amides is 1. The van der Waals surface area contributed by atoms with Gasteiger partial charge in [-0.3, -0.25) is 4.79 Å². The number of hydrogen-bond donors (Lipinski definition) is 1. The topological polar surface area (TPSA) is 72.1 Å². The van der Waals surface area contributed by atoms with Crippen LogP contribution in [0.4, 0.5) is 0 Å². The van der Waals surface area contributed by atoms with Gasteiger partial charge >= 0.3 is 0 Å². The fourth-order valence-electron chi connectivity index (χ4n) is 2.28. The van der Waals surface area contributed by atoms with Crippen LogP contribution in [-0.4, -0.2) is 40.0 Å². The third-order valence-corrected chi connectivity index (χ3v) is 4.33. The SMILES string of the molecule is CN(C(=O)c1snnc1C(C)(C)C)C(CN)C1CC1. The Labute approximate surface area is 118 Å². The second-order valence-corrected chi connectivity index (χ2v) is 7.01. The first kappa shape index (κ1) is 14.4. The van der Waals surface area contributed by atoms with Gasteiger partial charge in [0.2, 0.25) is 0 Å². The van der Waals surface area contributed by atoms with Crippen molar-refractivity contribution >= 4 is 17.4 Å². The predicted molar refractivity (Wildman–Crippen MR) is 76.3 cm³/mol. The zero-order valence-corrected chi connectivity index (χ0v) is 12.8. The van der Waals surface area contributed by atoms with Gasteiger partial charge in [-0.15, -0.1) is 5.10 Å². The lowest BCUT2D eigenvalue weighted by Gasteiger charge is -2.27. The summed E-state index contributed by atoms with van der Waals surface area (Å²) >= 11 is 1.18. The van der Waals surface area contributed by atoms with E-state index in [-0.39, 0.29) is 17.4 Å². The van der Waals surface area contributed by atoms with E-state index < -0.39 is 0 Å². The minimum absolute atomic E-state index is 0.00211. The summed E-state index contributed by atoms with van der Waals surface area (Å²) in [5.41, 5.74) is 6.42. The standard InChI is InChI=1S/C13H22N4OS/c1-13(2,3)11-10(19-16-15-11)12(18)17(4)9(7-14)8-5-6-8/h8-9H,5-7,14H2,1-4H3. The molecule has 6 heteroatoms. The average Bonchev–Trinajstić information content (AvgIpc) is 3.03. The molecular formula is C13H22N4OS. The van der Waals surface area contributed by atoms with Crippen LogP contribution in [0.1, 0.15) is 49.0 Å². The van der Waals surface area contributed by atoms with Crippen molar-refractivity contribution < 1.29 is 4.79 Å². The molecule has 1 saturated carbocycles. The van der Waals surface area contributed by atoms with E-state index in [2.05, 4.69) is 9.59 Å². The largest absolute Gasteiger partial charge is 0.336 e. The molecule has 1 heterocycles. The summed E-state index contributed by atoms with van der Waals surface area (Å²) in [7, 11) is 1.84. The van der Waals surface area contributed by atoms with E-state index in [1.54, 1.807) is 4.90 Å². The maximum Gasteiger partial charge on any atom is 0.267 e. The van der Waals surface area contributed by atoms with Crippen LogP contribution in [0, 0.1) is 5.92 Å². The molecule has 1 aromatic heterocycles. The molecule has 1 amide bonds. The molecule has 1 fully saturated rings. The molecule has 1 atom stereocenters. The van der Waals surface area contributed by atoms with Crippen LogP contribution in [0.25, 0.3) is 0 Å². The summed E-state index contributed by atoms with van der Waals surface area (Å²) in [6.45, 7) is 6.65. The van der Waals surface area contributed by atoms with Crippen molar-refractivity contribution in [3.05, 3.63) is 10.6 Å². The van der Waals surface area contributed by atoms with Crippen LogP contribution in [-0.2, 0) is 5.41 Å². The summed E-state index contributed by atoms with van der Waals surface area (Å²) < 4.78 is 3.95. The Morgan fingerprint density at radius 2 is 2.16 bits per heavy atom. The second-order valence-electron chi connectivity index (χ2n) is 6.26. The van der Waals surface area contributed by atoms with Gasteiger partial charge in [0.1, 0.15) is 4.88 Å². The summed E-state index contributed by atoms with van der Waals surface area (Å²) in [6, 6.07) is 0.141. The zero-order valence-electron chi connectivity index (χ0n) is 12.0. The lowest BCUT2D eigenvalue weighted by molar-refractivity contribution is 0.0721. The van der Waals surface area contributed by atoms with Gasteiger partial charge in [-0.25, -0.2) is 0 Å². The van der Waals surface area contributed by atoms with Gasteiger partial charge in [-0.1, -0.05) is 25.3 Å². The van der Waals surface area contributed by atoms with Crippen LogP contribution >= 0.6 is 11.5 Å². The third kappa shape index (κ3) is 2.95. The minimum atomic E-state index is -0.170. The maximum absolute atomic E-state index is 12.6. The fourth-order valence-corrected chi connectivity index (χ4v) is 3.14. The van der Waals surface area contributed by atoms with E-state index in [9.17, 15) is 4.79 Å². The van der Waals surface area contributed by atoms with Crippen molar-refractivity contribution in [1.29, 1.82) is 0 Å². The van der Waals surface area contributed by atoms with Crippen LogP contribution in [0.3, 0.4) is 0 Å². The van der Waals surface area contributed by atoms with Crippen LogP contribution in [0.15, 0.2) is 0 Å². The van der Waals surface area contributed by atoms with E-state index >= 15 is 0 Å². The summed E-state index contributed by atoms with van der Waals surface area (Å²) in [4.78, 5) is 15.0. The molecule has 0 aliphatic heterocycles. The van der Waals surface area contributed by atoms with E-state index in [0.29, 0.717) is 17.3 Å². The number of likely N-dealkylation sites (N-methyl/N-ethyl adjacent to an activating group) is 1. The lowest BCUT2D eigenvalue weighted by Crippen LogP contribution is -2.43. The monoisotopic (exact) mass is 282 g/mol. The van der Waals surface area contributed by atoms with Crippen molar-refractivity contribution in [2.24, 2.45) is 11.7 Å². The first-order valence-electron chi connectivity index (χ1n) is 6.66. The molecule has 0 spiro atoms. The van der Waals surface area contributed by atoms with E-state index in [4.69, 9.17) is 5.73 Å². The molecular weight excluding hydrogens is 260 g/mol. The van der Waals surface area contributed by atoms with Crippen molar-refractivity contribution in [2.75, 3.05) is 13.6 Å². The van der Waals surface area contributed by atoms with Crippen molar-refractivity contribution in [2.45, 2.75) is 45.1 Å². The summed E-state index contributed by atoms with van der Waals surface area (Å²) in [6.07, 6.45) is 2.35. The highest BCUT2D eigenvalue weighted by Gasteiger charge is 2.37. The van der Waals surface area contributed by atoms with Crippen LogP contribution < -0.4 is 5.73 Å². The molecule has 1 unspecified atom stereocenters. The molecule has 1 aliphatic rings. The molecule has 0 radical (unpaired) electrons. The number of nitrogens with two attached hydrogens (primary N) is 1. The molecule has 1 aromatic rings. The van der Waals surface area contributed by atoms with Gasteiger partial charge in [0, 0.05) is 25.0 Å². The van der Waals surface area contributed by atoms with E-state index in [1.807, 2.05) is 27.8 Å². The highest BCUT2D eigenvalue weighted by atomic mass is 32.1. The molecule has 0 bridgehead atoms. The molecule has 0 aromatic carbocycles. The first-order valence-corrected chi connectivity index (χ1v) is 7.43. The van der Waals surface area contributed by atoms with Crippen molar-refractivity contribution in [3.8, 4) is 0 Å². The predicted octanol–water partition coefficient (Wildman–Crippen LogP) is 1.64. The van der Waals surface area contributed by atoms with Crippen molar-refractivity contribution in [3.63, 3.8) is 0 Å². The number of nitrogens with zero attached hydrogens (tertiary/aromatic N) is 3. The molecule has 106 valence electrons. The number of rotatable bonds is 4. The Morgan fingerprint density at radius 1 is 1.53 bits per heavy atom. The fraction of sp³-hybridized carbons (Fsp3) is 0.769. The van der Waals surface area contributed by atoms with Gasteiger partial charge in [-0.05, 0) is 30.3 Å². The van der Waals surface area contributed by atoms with Gasteiger partial charge in [0.25, 0.3) is 5.91 Å². The first-order chi connectivity index (χ1) is 8.86. The van der Waals surface area contributed by atoms with Crippen LogP contribution in [0.5, 0.6) is 0 Å². The van der Waals surface area contributed by atoms with Gasteiger partial charge < -0.3 is 10.6 Å². The van der Waals surface area contributed by atoms with Gasteiger partial charge in [-0.2, -0.15) is 0 Å². The second kappa shape index (κ2) is 5.17. The molecule has 1 aliphatic carbocycles. The highest BCUT2D eigenvalue weighted by Crippen LogP contribution is 2.35. The molecule has 2 N–H and O–H groups in total. The summed E-state index contributed by atoms with van der Waals surface area (Å²) in [5, 5.41) is 4.13. The summed E-state index contributed by atoms with van der Waals surface area (Å²) in [5.74, 6) is 0.570. The Balaban J connectivity index is 2.22. The average molecular weight is 282 g/mol. The van der Waals surface area contributed by atoms with E-state index in [0.717, 1.165) is 5.69 Å². The maximum atomic E-state index is 12.6. The number of carbonyl (C=O) groups excluding carboxylic acids is 1. The third-order valence-electron chi connectivity index (χ3n) is 3.62. The Kier molecular flexibility index (Phi) is 3.92. The zero-order chi connectivity index (χ0) is 14.2. The Bertz CT molecular complexity index is 461. The Hall–Kier alpha value is -1.01. The normalized spacial score (nSPS) is 17.3. The Morgan fingerprint density at radius 3 is 2.63 bits per heavy atom. The molecule has 19 heavy (non-hydrogen) atoms. The molecule has 0 saturated heterocycles. The molecule has 5 nitrogen and oxygen atoms in total. The van der Waals surface area contributed by atoms with Crippen LogP contribution in [0.2, 0.25) is 0 Å². The van der Waals surface area contributed by atoms with Gasteiger partial charge in [0.05, 0.1) is 5.69 Å². The number of carbonyl (C=O) groups is 1. The number of aromatic nitrogens is 2. The smallest absolute Gasteiger partial charge is 0.267 e. The van der Waals surface area contributed by atoms with Crippen molar-refractivity contribution in [1.82, 2.24) is 14.5 Å². The highest BCUT2D eigenvalue weighted by molar-refractivity contribution is 7.08. The minimum Gasteiger partial charge on any atom is -0.336 e. The quantitative estimate of drug-likeness (QED) is 0.911. The molecule has 2 rings (SSSR count). The van der Waals surface area contributed by atoms with Gasteiger partial charge in [0.15, 0.2) is 0 Å². The van der Waals surface area contributed by atoms with E-state index in [1.165, 1.54) is 24.4 Å². The lowest BCUT2D eigenvalue weighted by atomic mass is 9.91.